The van der Waals surface area contributed by atoms with Gasteiger partial charge in [-0.2, -0.15) is 0 Å². The molecule has 1 unspecified atom stereocenters. The van der Waals surface area contributed by atoms with E-state index >= 15 is 0 Å². The highest BCUT2D eigenvalue weighted by Gasteiger charge is 2.24. The molecule has 0 bridgehead atoms. The highest BCUT2D eigenvalue weighted by Crippen LogP contribution is 2.14. The van der Waals surface area contributed by atoms with Crippen LogP contribution in [0.15, 0.2) is 12.2 Å². The fourth-order valence-electron chi connectivity index (χ4n) is 0.950. The maximum absolute atomic E-state index is 10.4. The Morgan fingerprint density at radius 3 is 2.85 bits per heavy atom. The zero-order valence-electron chi connectivity index (χ0n) is 6.99. The standard InChI is InChI=1S/C8H10O5/c1-5(7(9)10)2-3-6-4-12-8(11)13-6/h6H,1-4H2,(H,9,10). The van der Waals surface area contributed by atoms with Gasteiger partial charge >= 0.3 is 12.1 Å². The summed E-state index contributed by atoms with van der Waals surface area (Å²) in [4.78, 5) is 20.8. The molecule has 1 heterocycles. The Bertz CT molecular complexity index is 245. The van der Waals surface area contributed by atoms with Crippen LogP contribution in [0, 0.1) is 0 Å². The van der Waals surface area contributed by atoms with Gasteiger partial charge in [-0.1, -0.05) is 6.58 Å². The van der Waals surface area contributed by atoms with Crippen LogP contribution in [0.3, 0.4) is 0 Å². The van der Waals surface area contributed by atoms with Gasteiger partial charge < -0.3 is 14.6 Å². The van der Waals surface area contributed by atoms with Crippen LogP contribution in [0.1, 0.15) is 12.8 Å². The molecule has 1 aliphatic rings. The lowest BCUT2D eigenvalue weighted by atomic mass is 10.1. The van der Waals surface area contributed by atoms with E-state index in [2.05, 4.69) is 11.3 Å². The summed E-state index contributed by atoms with van der Waals surface area (Å²) in [6, 6.07) is 0. The van der Waals surface area contributed by atoms with E-state index in [1.807, 2.05) is 0 Å². The lowest BCUT2D eigenvalue weighted by Gasteiger charge is -2.04. The summed E-state index contributed by atoms with van der Waals surface area (Å²) in [5.41, 5.74) is 0.114. The van der Waals surface area contributed by atoms with Crippen LogP contribution in [0.4, 0.5) is 4.79 Å². The second-order valence-corrected chi connectivity index (χ2v) is 2.75. The Morgan fingerprint density at radius 2 is 2.38 bits per heavy atom. The Kier molecular flexibility index (Phi) is 2.89. The van der Waals surface area contributed by atoms with Crippen molar-refractivity contribution in [3.8, 4) is 0 Å². The number of rotatable bonds is 4. The number of ether oxygens (including phenoxy) is 2. The number of aliphatic carboxylic acids is 1. The van der Waals surface area contributed by atoms with Crippen molar-refractivity contribution >= 4 is 12.1 Å². The van der Waals surface area contributed by atoms with Gasteiger partial charge in [0.1, 0.15) is 12.7 Å². The van der Waals surface area contributed by atoms with E-state index in [-0.39, 0.29) is 18.3 Å². The molecule has 1 atom stereocenters. The molecule has 13 heavy (non-hydrogen) atoms. The zero-order chi connectivity index (χ0) is 9.84. The van der Waals surface area contributed by atoms with Crippen molar-refractivity contribution in [1.82, 2.24) is 0 Å². The number of hydrogen-bond acceptors (Lipinski definition) is 4. The number of carboxylic acid groups (broad SMARTS) is 1. The van der Waals surface area contributed by atoms with Gasteiger partial charge in [0.25, 0.3) is 0 Å². The van der Waals surface area contributed by atoms with E-state index in [1.165, 1.54) is 0 Å². The molecule has 72 valence electrons. The molecular weight excluding hydrogens is 176 g/mol. The molecular formula is C8H10O5. The summed E-state index contributed by atoms with van der Waals surface area (Å²) in [7, 11) is 0. The minimum absolute atomic E-state index is 0.114. The second kappa shape index (κ2) is 3.93. The van der Waals surface area contributed by atoms with Crippen LogP contribution in [-0.2, 0) is 14.3 Å². The summed E-state index contributed by atoms with van der Waals surface area (Å²) in [5.74, 6) is -1.02. The van der Waals surface area contributed by atoms with Gasteiger partial charge in [-0.15, -0.1) is 0 Å². The number of carbonyl (C=O) groups excluding carboxylic acids is 1. The highest BCUT2D eigenvalue weighted by atomic mass is 16.8. The third-order valence-electron chi connectivity index (χ3n) is 1.72. The van der Waals surface area contributed by atoms with Crippen molar-refractivity contribution in [3.05, 3.63) is 12.2 Å². The van der Waals surface area contributed by atoms with Gasteiger partial charge in [-0.05, 0) is 12.8 Å². The van der Waals surface area contributed by atoms with Crippen LogP contribution >= 0.6 is 0 Å². The van der Waals surface area contributed by atoms with Gasteiger partial charge in [-0.3, -0.25) is 0 Å². The predicted molar refractivity (Wildman–Crippen MR) is 42.2 cm³/mol. The number of carbonyl (C=O) groups is 2. The van der Waals surface area contributed by atoms with E-state index in [0.717, 1.165) is 0 Å². The summed E-state index contributed by atoms with van der Waals surface area (Å²) in [6.45, 7) is 3.55. The second-order valence-electron chi connectivity index (χ2n) is 2.75. The normalized spacial score (nSPS) is 20.6. The molecule has 1 fully saturated rings. The topological polar surface area (TPSA) is 72.8 Å². The van der Waals surface area contributed by atoms with Crippen LogP contribution in [0.2, 0.25) is 0 Å². The maximum atomic E-state index is 10.4. The van der Waals surface area contributed by atoms with Gasteiger partial charge in [0.2, 0.25) is 0 Å². The first-order chi connectivity index (χ1) is 6.09. The lowest BCUT2D eigenvalue weighted by Crippen LogP contribution is -2.11. The molecule has 0 saturated carbocycles. The van der Waals surface area contributed by atoms with Crippen molar-refractivity contribution in [2.45, 2.75) is 18.9 Å². The molecule has 0 amide bonds. The molecule has 0 aromatic heterocycles. The number of cyclic esters (lactones) is 2. The summed E-state index contributed by atoms with van der Waals surface area (Å²) in [6.07, 6.45) is -0.275. The van der Waals surface area contributed by atoms with E-state index in [0.29, 0.717) is 12.8 Å². The SMILES string of the molecule is C=C(CCC1COC(=O)O1)C(=O)O. The van der Waals surface area contributed by atoms with Gasteiger partial charge in [0.05, 0.1) is 0 Å². The quantitative estimate of drug-likeness (QED) is 0.522. The largest absolute Gasteiger partial charge is 0.508 e. The molecule has 1 aliphatic heterocycles. The minimum Gasteiger partial charge on any atom is -0.478 e. The van der Waals surface area contributed by atoms with Gasteiger partial charge in [0.15, 0.2) is 0 Å². The molecule has 0 aromatic carbocycles. The van der Waals surface area contributed by atoms with Crippen molar-refractivity contribution in [2.75, 3.05) is 6.61 Å². The summed E-state index contributed by atoms with van der Waals surface area (Å²) < 4.78 is 9.22. The molecule has 0 spiro atoms. The van der Waals surface area contributed by atoms with Crippen LogP contribution < -0.4 is 0 Å². The van der Waals surface area contributed by atoms with Crippen molar-refractivity contribution in [1.29, 1.82) is 0 Å². The number of hydrogen-bond donors (Lipinski definition) is 1. The summed E-state index contributed by atoms with van der Waals surface area (Å²) >= 11 is 0. The average molecular weight is 186 g/mol. The Labute approximate surface area is 74.9 Å². The Hall–Kier alpha value is -1.52. The fourth-order valence-corrected chi connectivity index (χ4v) is 0.950. The first-order valence-electron chi connectivity index (χ1n) is 3.84. The van der Waals surface area contributed by atoms with Crippen molar-refractivity contribution in [2.24, 2.45) is 0 Å². The Balaban J connectivity index is 2.23. The molecule has 0 radical (unpaired) electrons. The molecule has 0 aromatic rings. The van der Waals surface area contributed by atoms with Crippen LogP contribution in [0.25, 0.3) is 0 Å². The van der Waals surface area contributed by atoms with Crippen LogP contribution in [-0.4, -0.2) is 29.9 Å². The fraction of sp³-hybridized carbons (Fsp3) is 0.500. The van der Waals surface area contributed by atoms with Crippen molar-refractivity contribution in [3.63, 3.8) is 0 Å². The Morgan fingerprint density at radius 1 is 1.69 bits per heavy atom. The minimum atomic E-state index is -1.02. The van der Waals surface area contributed by atoms with Gasteiger partial charge in [0, 0.05) is 5.57 Å². The molecule has 5 nitrogen and oxygen atoms in total. The smallest absolute Gasteiger partial charge is 0.478 e. The van der Waals surface area contributed by atoms with Gasteiger partial charge in [-0.25, -0.2) is 9.59 Å². The molecule has 1 N–H and O–H groups in total. The zero-order valence-corrected chi connectivity index (χ0v) is 6.99. The lowest BCUT2D eigenvalue weighted by molar-refractivity contribution is -0.132. The molecule has 1 rings (SSSR count). The molecule has 0 aliphatic carbocycles. The van der Waals surface area contributed by atoms with E-state index in [1.54, 1.807) is 0 Å². The van der Waals surface area contributed by atoms with Crippen molar-refractivity contribution < 1.29 is 24.2 Å². The molecule has 1 saturated heterocycles. The number of carboxylic acids is 1. The predicted octanol–water partition coefficient (Wildman–Crippen LogP) is 0.943. The van der Waals surface area contributed by atoms with E-state index in [4.69, 9.17) is 9.84 Å². The van der Waals surface area contributed by atoms with E-state index in [9.17, 15) is 9.59 Å². The third-order valence-corrected chi connectivity index (χ3v) is 1.72. The summed E-state index contributed by atoms with van der Waals surface area (Å²) in [5, 5.41) is 8.47. The third kappa shape index (κ3) is 2.77. The van der Waals surface area contributed by atoms with E-state index < -0.39 is 12.1 Å². The average Bonchev–Trinajstić information content (AvgIpc) is 2.47. The first-order valence-corrected chi connectivity index (χ1v) is 3.84. The maximum Gasteiger partial charge on any atom is 0.508 e. The molecule has 5 heteroatoms. The highest BCUT2D eigenvalue weighted by molar-refractivity contribution is 5.85. The monoisotopic (exact) mass is 186 g/mol. The van der Waals surface area contributed by atoms with Crippen LogP contribution in [0.5, 0.6) is 0 Å². The first kappa shape index (κ1) is 9.57.